The van der Waals surface area contributed by atoms with Crippen molar-refractivity contribution in [3.05, 3.63) is 29.8 Å². The van der Waals surface area contributed by atoms with E-state index in [0.29, 0.717) is 0 Å². The minimum absolute atomic E-state index is 0.332. The second-order valence-electron chi connectivity index (χ2n) is 5.51. The molecule has 0 radical (unpaired) electrons. The van der Waals surface area contributed by atoms with Gasteiger partial charge in [-0.25, -0.2) is 0 Å². The molecule has 0 saturated carbocycles. The normalized spacial score (nSPS) is 22.6. The highest BCUT2D eigenvalue weighted by atomic mass is 16.3. The second-order valence-corrected chi connectivity index (χ2v) is 5.51. The van der Waals surface area contributed by atoms with E-state index in [1.807, 2.05) is 13.0 Å². The first kappa shape index (κ1) is 13.4. The van der Waals surface area contributed by atoms with Crippen LogP contribution in [0.4, 0.5) is 5.69 Å². The molecule has 1 N–H and O–H groups in total. The first-order valence-electron chi connectivity index (χ1n) is 7.24. The summed E-state index contributed by atoms with van der Waals surface area (Å²) >= 11 is 0. The van der Waals surface area contributed by atoms with Gasteiger partial charge in [-0.15, -0.1) is 0 Å². The van der Waals surface area contributed by atoms with Crippen molar-refractivity contribution in [3.63, 3.8) is 0 Å². The lowest BCUT2D eigenvalue weighted by Crippen LogP contribution is -2.25. The molecule has 100 valence electrons. The summed E-state index contributed by atoms with van der Waals surface area (Å²) in [6.07, 6.45) is 4.30. The Morgan fingerprint density at radius 3 is 2.83 bits per heavy atom. The number of aliphatic hydroxyl groups excluding tert-OH is 1. The van der Waals surface area contributed by atoms with E-state index in [4.69, 9.17) is 0 Å². The second kappa shape index (κ2) is 6.24. The molecule has 0 aliphatic carbocycles. The van der Waals surface area contributed by atoms with E-state index < -0.39 is 0 Å². The molecule has 0 aromatic heterocycles. The number of anilines is 1. The maximum atomic E-state index is 10.1. The molecule has 2 rings (SSSR count). The highest BCUT2D eigenvalue weighted by Gasteiger charge is 2.18. The zero-order valence-electron chi connectivity index (χ0n) is 11.6. The van der Waals surface area contributed by atoms with Crippen LogP contribution in [0.1, 0.15) is 51.2 Å². The Balaban J connectivity index is 2.21. The molecule has 1 saturated heterocycles. The Labute approximate surface area is 111 Å². The van der Waals surface area contributed by atoms with Gasteiger partial charge in [-0.05, 0) is 37.7 Å². The summed E-state index contributed by atoms with van der Waals surface area (Å²) in [4.78, 5) is 2.46. The zero-order chi connectivity index (χ0) is 13.0. The average Bonchev–Trinajstić information content (AvgIpc) is 2.62. The Bertz CT molecular complexity index is 377. The number of nitrogens with zero attached hydrogens (tertiary/aromatic N) is 1. The molecular formula is C16H25NO. The first-order chi connectivity index (χ1) is 8.72. The van der Waals surface area contributed by atoms with Crippen molar-refractivity contribution in [2.75, 3.05) is 18.0 Å². The van der Waals surface area contributed by atoms with Gasteiger partial charge in [0, 0.05) is 24.3 Å². The van der Waals surface area contributed by atoms with Gasteiger partial charge in [-0.1, -0.05) is 32.0 Å². The number of aliphatic hydroxyl groups is 1. The van der Waals surface area contributed by atoms with Crippen molar-refractivity contribution in [1.82, 2.24) is 0 Å². The van der Waals surface area contributed by atoms with Crippen molar-refractivity contribution in [1.29, 1.82) is 0 Å². The molecule has 2 atom stereocenters. The molecule has 18 heavy (non-hydrogen) atoms. The number of hydrogen-bond donors (Lipinski definition) is 1. The van der Waals surface area contributed by atoms with Gasteiger partial charge in [-0.3, -0.25) is 0 Å². The van der Waals surface area contributed by atoms with Crippen LogP contribution in [0.25, 0.3) is 0 Å². The van der Waals surface area contributed by atoms with Gasteiger partial charge in [0.2, 0.25) is 0 Å². The monoisotopic (exact) mass is 247 g/mol. The van der Waals surface area contributed by atoms with Gasteiger partial charge in [0.15, 0.2) is 0 Å². The van der Waals surface area contributed by atoms with Gasteiger partial charge < -0.3 is 10.0 Å². The molecule has 1 unspecified atom stereocenters. The lowest BCUT2D eigenvalue weighted by Gasteiger charge is -2.27. The molecular weight excluding hydrogens is 222 g/mol. The van der Waals surface area contributed by atoms with Crippen LogP contribution in [0.2, 0.25) is 0 Å². The predicted molar refractivity (Wildman–Crippen MR) is 76.9 cm³/mol. The minimum Gasteiger partial charge on any atom is -0.388 e. The average molecular weight is 247 g/mol. The number of benzene rings is 1. The summed E-state index contributed by atoms with van der Waals surface area (Å²) < 4.78 is 0. The van der Waals surface area contributed by atoms with E-state index >= 15 is 0 Å². The van der Waals surface area contributed by atoms with Gasteiger partial charge >= 0.3 is 0 Å². The highest BCUT2D eigenvalue weighted by Crippen LogP contribution is 2.30. The molecule has 2 nitrogen and oxygen atoms in total. The van der Waals surface area contributed by atoms with Crippen LogP contribution in [0.15, 0.2) is 24.3 Å². The molecule has 2 heteroatoms. The molecule has 1 fully saturated rings. The quantitative estimate of drug-likeness (QED) is 0.879. The summed E-state index contributed by atoms with van der Waals surface area (Å²) in [5.74, 6) is 0.832. The number of hydrogen-bond acceptors (Lipinski definition) is 2. The molecule has 0 spiro atoms. The Morgan fingerprint density at radius 2 is 2.06 bits per heavy atom. The summed E-state index contributed by atoms with van der Waals surface area (Å²) in [6.45, 7) is 6.62. The summed E-state index contributed by atoms with van der Waals surface area (Å²) in [5, 5.41) is 10.1. The summed E-state index contributed by atoms with van der Waals surface area (Å²) in [5.41, 5.74) is 2.33. The summed E-state index contributed by atoms with van der Waals surface area (Å²) in [7, 11) is 0. The third kappa shape index (κ3) is 3.05. The fourth-order valence-electron chi connectivity index (χ4n) is 2.78. The van der Waals surface area contributed by atoms with Crippen molar-refractivity contribution in [2.45, 2.75) is 45.6 Å². The molecule has 1 heterocycles. The summed E-state index contributed by atoms with van der Waals surface area (Å²) in [6, 6.07) is 8.33. The Kier molecular flexibility index (Phi) is 4.65. The van der Waals surface area contributed by atoms with Gasteiger partial charge in [0.05, 0.1) is 6.10 Å². The van der Waals surface area contributed by atoms with Crippen LogP contribution < -0.4 is 4.90 Å². The highest BCUT2D eigenvalue weighted by molar-refractivity contribution is 5.54. The van der Waals surface area contributed by atoms with E-state index in [2.05, 4.69) is 30.0 Å². The fourth-order valence-corrected chi connectivity index (χ4v) is 2.78. The van der Waals surface area contributed by atoms with E-state index in [0.717, 1.165) is 31.0 Å². The molecule has 1 aliphatic heterocycles. The van der Waals surface area contributed by atoms with Crippen molar-refractivity contribution in [3.8, 4) is 0 Å². The maximum absolute atomic E-state index is 10.1. The van der Waals surface area contributed by atoms with Crippen molar-refractivity contribution >= 4 is 5.69 Å². The van der Waals surface area contributed by atoms with Crippen molar-refractivity contribution < 1.29 is 5.11 Å². The molecule has 1 aromatic rings. The van der Waals surface area contributed by atoms with Gasteiger partial charge in [-0.2, -0.15) is 0 Å². The molecule has 0 amide bonds. The molecule has 1 aliphatic rings. The van der Waals surface area contributed by atoms with Crippen LogP contribution in [-0.2, 0) is 0 Å². The van der Waals surface area contributed by atoms with Crippen LogP contribution in [-0.4, -0.2) is 18.2 Å². The van der Waals surface area contributed by atoms with Crippen LogP contribution in [0, 0.1) is 5.92 Å². The Hall–Kier alpha value is -1.02. The zero-order valence-corrected chi connectivity index (χ0v) is 11.6. The van der Waals surface area contributed by atoms with E-state index in [9.17, 15) is 5.11 Å². The van der Waals surface area contributed by atoms with Gasteiger partial charge in [0.25, 0.3) is 0 Å². The van der Waals surface area contributed by atoms with Crippen LogP contribution >= 0.6 is 0 Å². The Morgan fingerprint density at radius 1 is 1.28 bits per heavy atom. The fraction of sp³-hybridized carbons (Fsp3) is 0.625. The van der Waals surface area contributed by atoms with E-state index in [1.165, 1.54) is 24.9 Å². The maximum Gasteiger partial charge on any atom is 0.0807 e. The number of rotatable bonds is 3. The smallest absolute Gasteiger partial charge is 0.0807 e. The first-order valence-corrected chi connectivity index (χ1v) is 7.24. The SMILES string of the molecule is CC[C@@H](O)c1ccccc1N1CCCC(C)CC1. The van der Waals surface area contributed by atoms with Crippen molar-refractivity contribution in [2.24, 2.45) is 5.92 Å². The van der Waals surface area contributed by atoms with E-state index in [-0.39, 0.29) is 6.10 Å². The topological polar surface area (TPSA) is 23.5 Å². The third-order valence-electron chi connectivity index (χ3n) is 4.04. The van der Waals surface area contributed by atoms with Crippen LogP contribution in [0.3, 0.4) is 0 Å². The standard InChI is InChI=1S/C16H25NO/c1-3-16(18)14-8-4-5-9-15(14)17-11-6-7-13(2)10-12-17/h4-5,8-9,13,16,18H,3,6-7,10-12H2,1-2H3/t13?,16-/m1/s1. The largest absolute Gasteiger partial charge is 0.388 e. The molecule has 1 aromatic carbocycles. The van der Waals surface area contributed by atoms with E-state index in [1.54, 1.807) is 0 Å². The number of para-hydroxylation sites is 1. The van der Waals surface area contributed by atoms with Gasteiger partial charge in [0.1, 0.15) is 0 Å². The molecule has 0 bridgehead atoms. The lowest BCUT2D eigenvalue weighted by atomic mass is 10.0. The predicted octanol–water partition coefficient (Wildman–Crippen LogP) is 3.76. The van der Waals surface area contributed by atoms with Crippen LogP contribution in [0.5, 0.6) is 0 Å². The third-order valence-corrected chi connectivity index (χ3v) is 4.04. The lowest BCUT2D eigenvalue weighted by molar-refractivity contribution is 0.174. The minimum atomic E-state index is -0.332.